The molecule has 2 heterocycles. The number of carbonyl (C=O) groups excluding carboxylic acids is 1. The van der Waals surface area contributed by atoms with E-state index < -0.39 is 0 Å². The van der Waals surface area contributed by atoms with Crippen LogP contribution in [0.15, 0.2) is 11.6 Å². The molecule has 0 amide bonds. The Morgan fingerprint density at radius 1 is 1.47 bits per heavy atom. The van der Waals surface area contributed by atoms with E-state index in [4.69, 9.17) is 9.47 Å². The topological polar surface area (TPSA) is 38.8 Å². The average Bonchev–Trinajstić information content (AvgIpc) is 2.39. The lowest BCUT2D eigenvalue weighted by atomic mass is 9.87. The van der Waals surface area contributed by atoms with Crippen molar-refractivity contribution in [1.29, 1.82) is 0 Å². The summed E-state index contributed by atoms with van der Waals surface area (Å²) >= 11 is 0. The fraction of sp³-hybridized carbons (Fsp3) is 0.769. The molecule has 96 valence electrons. The maximum Gasteiger partial charge on any atom is 0.333 e. The first kappa shape index (κ1) is 12.6. The van der Waals surface area contributed by atoms with Crippen LogP contribution in [0, 0.1) is 5.92 Å². The van der Waals surface area contributed by atoms with Gasteiger partial charge in [0.25, 0.3) is 0 Å². The highest BCUT2D eigenvalue weighted by Gasteiger charge is 2.30. The van der Waals surface area contributed by atoms with E-state index in [1.165, 1.54) is 7.11 Å². The molecule has 0 spiro atoms. The van der Waals surface area contributed by atoms with Crippen molar-refractivity contribution >= 4 is 5.97 Å². The summed E-state index contributed by atoms with van der Waals surface area (Å²) in [6.45, 7) is 2.62. The van der Waals surface area contributed by atoms with Gasteiger partial charge < -0.3 is 9.47 Å². The van der Waals surface area contributed by atoms with Crippen LogP contribution in [0.4, 0.5) is 0 Å². The quantitative estimate of drug-likeness (QED) is 0.679. The minimum Gasteiger partial charge on any atom is -0.466 e. The van der Waals surface area contributed by atoms with Crippen LogP contribution in [0.3, 0.4) is 0 Å². The summed E-state index contributed by atoms with van der Waals surface area (Å²) in [7, 11) is 3.58. The van der Waals surface area contributed by atoms with Crippen molar-refractivity contribution in [3.63, 3.8) is 0 Å². The Morgan fingerprint density at radius 3 is 2.82 bits per heavy atom. The van der Waals surface area contributed by atoms with Gasteiger partial charge in [-0.3, -0.25) is 4.90 Å². The minimum absolute atomic E-state index is 0.171. The van der Waals surface area contributed by atoms with E-state index in [0.29, 0.717) is 12.0 Å². The van der Waals surface area contributed by atoms with Crippen molar-refractivity contribution in [2.24, 2.45) is 5.92 Å². The summed E-state index contributed by atoms with van der Waals surface area (Å²) < 4.78 is 10.2. The maximum absolute atomic E-state index is 11.6. The molecule has 4 heteroatoms. The molecule has 2 aliphatic heterocycles. The Kier molecular flexibility index (Phi) is 4.18. The lowest BCUT2D eigenvalue weighted by molar-refractivity contribution is -0.136. The molecule has 0 aromatic rings. The Morgan fingerprint density at radius 2 is 2.18 bits per heavy atom. The molecule has 0 N–H and O–H groups in total. The number of methoxy groups -OCH3 is 1. The average molecular weight is 239 g/mol. The maximum atomic E-state index is 11.6. The Hall–Kier alpha value is -0.870. The van der Waals surface area contributed by atoms with E-state index in [-0.39, 0.29) is 5.97 Å². The van der Waals surface area contributed by atoms with Crippen LogP contribution < -0.4 is 0 Å². The third kappa shape index (κ3) is 2.87. The predicted molar refractivity (Wildman–Crippen MR) is 64.7 cm³/mol. The van der Waals surface area contributed by atoms with Crippen LogP contribution in [0.25, 0.3) is 0 Å². The van der Waals surface area contributed by atoms with E-state index in [2.05, 4.69) is 18.0 Å². The van der Waals surface area contributed by atoms with Crippen LogP contribution in [0.1, 0.15) is 19.3 Å². The van der Waals surface area contributed by atoms with Crippen molar-refractivity contribution in [3.8, 4) is 0 Å². The van der Waals surface area contributed by atoms with Gasteiger partial charge in [-0.1, -0.05) is 6.08 Å². The van der Waals surface area contributed by atoms with Crippen LogP contribution >= 0.6 is 0 Å². The first-order valence-electron chi connectivity index (χ1n) is 6.29. The van der Waals surface area contributed by atoms with Crippen molar-refractivity contribution in [2.45, 2.75) is 25.3 Å². The van der Waals surface area contributed by atoms with Crippen LogP contribution in [0.2, 0.25) is 0 Å². The lowest BCUT2D eigenvalue weighted by Gasteiger charge is -2.37. The molecule has 0 bridgehead atoms. The van der Waals surface area contributed by atoms with Gasteiger partial charge in [0.05, 0.1) is 7.11 Å². The predicted octanol–water partition coefficient (Wildman–Crippen LogP) is 1.22. The molecule has 2 aliphatic rings. The summed E-state index contributed by atoms with van der Waals surface area (Å²) in [4.78, 5) is 13.9. The monoisotopic (exact) mass is 239 g/mol. The Labute approximate surface area is 103 Å². The summed E-state index contributed by atoms with van der Waals surface area (Å²) in [5.74, 6) is 0.434. The molecule has 2 rings (SSSR count). The number of ether oxygens (including phenoxy) is 2. The molecule has 1 unspecified atom stereocenters. The SMILES string of the molecule is COC(=O)C1=CC(C2CCOCC2)N(C)CC1. The van der Waals surface area contributed by atoms with Gasteiger partial charge in [0.2, 0.25) is 0 Å². The van der Waals surface area contributed by atoms with Gasteiger partial charge >= 0.3 is 5.97 Å². The normalized spacial score (nSPS) is 27.6. The van der Waals surface area contributed by atoms with Gasteiger partial charge in [0, 0.05) is 31.4 Å². The fourth-order valence-electron chi connectivity index (χ4n) is 2.72. The van der Waals surface area contributed by atoms with Crippen molar-refractivity contribution in [3.05, 3.63) is 11.6 Å². The standard InChI is InChI=1S/C13H21NO3/c1-14-6-3-11(13(15)16-2)9-12(14)10-4-7-17-8-5-10/h9-10,12H,3-8H2,1-2H3. The summed E-state index contributed by atoms with van der Waals surface area (Å²) in [5, 5.41) is 0. The van der Waals surface area contributed by atoms with Crippen molar-refractivity contribution in [2.75, 3.05) is 33.9 Å². The van der Waals surface area contributed by atoms with E-state index in [1.807, 2.05) is 0 Å². The third-order valence-electron chi connectivity index (χ3n) is 3.81. The van der Waals surface area contributed by atoms with Gasteiger partial charge in [0.15, 0.2) is 0 Å². The van der Waals surface area contributed by atoms with Gasteiger partial charge in [-0.25, -0.2) is 4.79 Å². The van der Waals surface area contributed by atoms with Crippen molar-refractivity contribution in [1.82, 2.24) is 4.90 Å². The second-order valence-electron chi connectivity index (χ2n) is 4.85. The number of hydrogen-bond donors (Lipinski definition) is 0. The minimum atomic E-state index is -0.171. The van der Waals surface area contributed by atoms with Gasteiger partial charge in [-0.2, -0.15) is 0 Å². The smallest absolute Gasteiger partial charge is 0.333 e. The zero-order valence-electron chi connectivity index (χ0n) is 10.6. The number of nitrogens with zero attached hydrogens (tertiary/aromatic N) is 1. The molecular formula is C13H21NO3. The van der Waals surface area contributed by atoms with E-state index in [9.17, 15) is 4.79 Å². The second kappa shape index (κ2) is 5.65. The Bertz CT molecular complexity index is 308. The number of carbonyl (C=O) groups is 1. The summed E-state index contributed by atoms with van der Waals surface area (Å²) in [6.07, 6.45) is 5.06. The van der Waals surface area contributed by atoms with Crippen LogP contribution in [-0.4, -0.2) is 50.8 Å². The molecule has 1 atom stereocenters. The molecule has 0 radical (unpaired) electrons. The molecule has 4 nitrogen and oxygen atoms in total. The lowest BCUT2D eigenvalue weighted by Crippen LogP contribution is -2.42. The number of rotatable bonds is 2. The first-order chi connectivity index (χ1) is 8.22. The number of hydrogen-bond acceptors (Lipinski definition) is 4. The number of likely N-dealkylation sites (N-methyl/N-ethyl adjacent to an activating group) is 1. The molecule has 0 aromatic carbocycles. The van der Waals surface area contributed by atoms with Crippen molar-refractivity contribution < 1.29 is 14.3 Å². The zero-order chi connectivity index (χ0) is 12.3. The molecular weight excluding hydrogens is 218 g/mol. The fourth-order valence-corrected chi connectivity index (χ4v) is 2.72. The second-order valence-corrected chi connectivity index (χ2v) is 4.85. The van der Waals surface area contributed by atoms with Crippen LogP contribution in [0.5, 0.6) is 0 Å². The van der Waals surface area contributed by atoms with Gasteiger partial charge in [0.1, 0.15) is 0 Å². The van der Waals surface area contributed by atoms with Crippen LogP contribution in [-0.2, 0) is 14.3 Å². The van der Waals surface area contributed by atoms with E-state index in [1.54, 1.807) is 0 Å². The first-order valence-corrected chi connectivity index (χ1v) is 6.29. The third-order valence-corrected chi connectivity index (χ3v) is 3.81. The highest BCUT2D eigenvalue weighted by atomic mass is 16.5. The molecule has 1 saturated heterocycles. The highest BCUT2D eigenvalue weighted by molar-refractivity contribution is 5.88. The van der Waals surface area contributed by atoms with Gasteiger partial charge in [-0.15, -0.1) is 0 Å². The summed E-state index contributed by atoms with van der Waals surface area (Å²) in [6, 6.07) is 0.363. The number of esters is 1. The molecule has 0 aliphatic carbocycles. The molecule has 0 saturated carbocycles. The van der Waals surface area contributed by atoms with Gasteiger partial charge in [-0.05, 0) is 32.2 Å². The summed E-state index contributed by atoms with van der Waals surface area (Å²) in [5.41, 5.74) is 0.835. The highest BCUT2D eigenvalue weighted by Crippen LogP contribution is 2.27. The molecule has 1 fully saturated rings. The largest absolute Gasteiger partial charge is 0.466 e. The van der Waals surface area contributed by atoms with E-state index >= 15 is 0 Å². The van der Waals surface area contributed by atoms with E-state index in [0.717, 1.165) is 44.6 Å². The zero-order valence-corrected chi connectivity index (χ0v) is 10.6. The molecule has 17 heavy (non-hydrogen) atoms. The Balaban J connectivity index is 2.09. The molecule has 0 aromatic heterocycles.